The molecule has 106 valence electrons. The van der Waals surface area contributed by atoms with Crippen molar-refractivity contribution < 1.29 is 9.90 Å². The molecule has 0 bridgehead atoms. The second kappa shape index (κ2) is 8.29. The van der Waals surface area contributed by atoms with Gasteiger partial charge in [-0.15, -0.1) is 0 Å². The molecule has 0 amide bonds. The largest absolute Gasteiger partial charge is 0.481 e. The molecule has 0 aromatic carbocycles. The van der Waals surface area contributed by atoms with E-state index in [0.717, 1.165) is 24.6 Å². The molecule has 0 aliphatic rings. The molecule has 0 radical (unpaired) electrons. The van der Waals surface area contributed by atoms with E-state index in [-0.39, 0.29) is 6.42 Å². The summed E-state index contributed by atoms with van der Waals surface area (Å²) in [5.74, 6) is 0.705. The molecule has 0 saturated carbocycles. The molecule has 6 nitrogen and oxygen atoms in total. The molecule has 0 atom stereocenters. The zero-order valence-corrected chi connectivity index (χ0v) is 11.6. The zero-order valence-electron chi connectivity index (χ0n) is 11.6. The van der Waals surface area contributed by atoms with Gasteiger partial charge in [0.05, 0.1) is 6.42 Å². The molecule has 1 aromatic rings. The smallest absolute Gasteiger partial charge is 0.305 e. The second-order valence-electron chi connectivity index (χ2n) is 4.46. The number of hydrogen-bond acceptors (Lipinski definition) is 5. The van der Waals surface area contributed by atoms with Gasteiger partial charge in [-0.25, -0.2) is 9.97 Å². The number of nitrogens with one attached hydrogen (secondary N) is 1. The van der Waals surface area contributed by atoms with E-state index in [1.807, 2.05) is 18.0 Å². The van der Waals surface area contributed by atoms with Crippen molar-refractivity contribution in [3.63, 3.8) is 0 Å². The van der Waals surface area contributed by atoms with Crippen LogP contribution in [0, 0.1) is 0 Å². The number of hydrogen-bond donors (Lipinski definition) is 2. The third-order valence-electron chi connectivity index (χ3n) is 2.79. The molecule has 1 aromatic heterocycles. The number of carboxylic acid groups (broad SMARTS) is 1. The number of anilines is 2. The molecule has 1 rings (SSSR count). The number of carbonyl (C=O) groups is 1. The molecule has 19 heavy (non-hydrogen) atoms. The highest BCUT2D eigenvalue weighted by molar-refractivity contribution is 5.67. The summed E-state index contributed by atoms with van der Waals surface area (Å²) < 4.78 is 0. The predicted molar refractivity (Wildman–Crippen MR) is 75.6 cm³/mol. The SMILES string of the molecule is CCCCCNc1cc(N(C)CCC(=O)O)ncn1. The summed E-state index contributed by atoms with van der Waals surface area (Å²) in [4.78, 5) is 20.6. The highest BCUT2D eigenvalue weighted by Crippen LogP contribution is 2.13. The first-order valence-corrected chi connectivity index (χ1v) is 6.62. The minimum atomic E-state index is -0.807. The first kappa shape index (κ1) is 15.2. The van der Waals surface area contributed by atoms with Crippen LogP contribution in [0.15, 0.2) is 12.4 Å². The van der Waals surface area contributed by atoms with E-state index < -0.39 is 5.97 Å². The lowest BCUT2D eigenvalue weighted by Crippen LogP contribution is -2.22. The average molecular weight is 266 g/mol. The predicted octanol–water partition coefficient (Wildman–Crippen LogP) is 1.99. The van der Waals surface area contributed by atoms with E-state index in [1.54, 1.807) is 0 Å². The van der Waals surface area contributed by atoms with Crippen LogP contribution in [0.5, 0.6) is 0 Å². The van der Waals surface area contributed by atoms with Crippen molar-refractivity contribution in [2.45, 2.75) is 32.6 Å². The van der Waals surface area contributed by atoms with E-state index in [9.17, 15) is 4.79 Å². The fraction of sp³-hybridized carbons (Fsp3) is 0.615. The van der Waals surface area contributed by atoms with Gasteiger partial charge in [0.15, 0.2) is 0 Å². The molecular weight excluding hydrogens is 244 g/mol. The highest BCUT2D eigenvalue weighted by Gasteiger charge is 2.06. The Hall–Kier alpha value is -1.85. The van der Waals surface area contributed by atoms with Crippen LogP contribution in [-0.2, 0) is 4.79 Å². The van der Waals surface area contributed by atoms with Gasteiger partial charge in [0, 0.05) is 26.2 Å². The molecule has 0 saturated heterocycles. The molecular formula is C13H22N4O2. The van der Waals surface area contributed by atoms with E-state index in [4.69, 9.17) is 5.11 Å². The third kappa shape index (κ3) is 6.03. The molecule has 1 heterocycles. The number of unbranched alkanes of at least 4 members (excludes halogenated alkanes) is 2. The Kier molecular flexibility index (Phi) is 6.63. The Morgan fingerprint density at radius 1 is 1.42 bits per heavy atom. The number of nitrogens with zero attached hydrogens (tertiary/aromatic N) is 3. The zero-order chi connectivity index (χ0) is 14.1. The summed E-state index contributed by atoms with van der Waals surface area (Å²) in [5, 5.41) is 11.9. The minimum absolute atomic E-state index is 0.0970. The van der Waals surface area contributed by atoms with Crippen molar-refractivity contribution in [3.05, 3.63) is 12.4 Å². The van der Waals surface area contributed by atoms with Crippen LogP contribution in [0.2, 0.25) is 0 Å². The summed E-state index contributed by atoms with van der Waals surface area (Å²) in [6.45, 7) is 3.49. The van der Waals surface area contributed by atoms with Crippen molar-refractivity contribution in [2.75, 3.05) is 30.4 Å². The normalized spacial score (nSPS) is 10.2. The fourth-order valence-corrected chi connectivity index (χ4v) is 1.62. The lowest BCUT2D eigenvalue weighted by atomic mass is 10.2. The van der Waals surface area contributed by atoms with Crippen molar-refractivity contribution in [2.24, 2.45) is 0 Å². The number of carboxylic acids is 1. The van der Waals surface area contributed by atoms with Crippen LogP contribution in [-0.4, -0.2) is 41.2 Å². The van der Waals surface area contributed by atoms with Gasteiger partial charge in [0.1, 0.15) is 18.0 Å². The second-order valence-corrected chi connectivity index (χ2v) is 4.46. The van der Waals surface area contributed by atoms with Crippen LogP contribution >= 0.6 is 0 Å². The van der Waals surface area contributed by atoms with Crippen LogP contribution in [0.1, 0.15) is 32.6 Å². The Morgan fingerprint density at radius 2 is 2.21 bits per heavy atom. The number of rotatable bonds is 9. The first-order chi connectivity index (χ1) is 9.13. The number of aromatic nitrogens is 2. The molecule has 0 unspecified atom stereocenters. The topological polar surface area (TPSA) is 78.4 Å². The first-order valence-electron chi connectivity index (χ1n) is 6.62. The maximum absolute atomic E-state index is 10.5. The summed E-state index contributed by atoms with van der Waals surface area (Å²) in [6.07, 6.45) is 5.09. The van der Waals surface area contributed by atoms with Crippen molar-refractivity contribution >= 4 is 17.6 Å². The van der Waals surface area contributed by atoms with Gasteiger partial charge in [-0.05, 0) is 6.42 Å². The summed E-state index contributed by atoms with van der Waals surface area (Å²) in [6, 6.07) is 1.84. The van der Waals surface area contributed by atoms with Gasteiger partial charge < -0.3 is 15.3 Å². The minimum Gasteiger partial charge on any atom is -0.481 e. The van der Waals surface area contributed by atoms with Gasteiger partial charge in [-0.3, -0.25) is 4.79 Å². The highest BCUT2D eigenvalue weighted by atomic mass is 16.4. The summed E-state index contributed by atoms with van der Waals surface area (Å²) in [7, 11) is 1.83. The Balaban J connectivity index is 2.48. The van der Waals surface area contributed by atoms with Crippen molar-refractivity contribution in [3.8, 4) is 0 Å². The summed E-state index contributed by atoms with van der Waals surface area (Å²) >= 11 is 0. The van der Waals surface area contributed by atoms with Crippen LogP contribution in [0.25, 0.3) is 0 Å². The third-order valence-corrected chi connectivity index (χ3v) is 2.79. The quantitative estimate of drug-likeness (QED) is 0.665. The van der Waals surface area contributed by atoms with Gasteiger partial charge in [0.2, 0.25) is 0 Å². The van der Waals surface area contributed by atoms with Crippen LogP contribution < -0.4 is 10.2 Å². The van der Waals surface area contributed by atoms with Crippen molar-refractivity contribution in [1.29, 1.82) is 0 Å². The molecule has 2 N–H and O–H groups in total. The van der Waals surface area contributed by atoms with E-state index in [0.29, 0.717) is 6.54 Å². The van der Waals surface area contributed by atoms with Gasteiger partial charge in [-0.1, -0.05) is 19.8 Å². The Morgan fingerprint density at radius 3 is 2.89 bits per heavy atom. The summed E-state index contributed by atoms with van der Waals surface area (Å²) in [5.41, 5.74) is 0. The molecule has 6 heteroatoms. The van der Waals surface area contributed by atoms with E-state index in [2.05, 4.69) is 22.2 Å². The molecule has 0 fully saturated rings. The maximum atomic E-state index is 10.5. The van der Waals surface area contributed by atoms with Gasteiger partial charge in [-0.2, -0.15) is 0 Å². The van der Waals surface area contributed by atoms with E-state index >= 15 is 0 Å². The van der Waals surface area contributed by atoms with Crippen molar-refractivity contribution in [1.82, 2.24) is 9.97 Å². The Bertz CT molecular complexity index is 398. The fourth-order valence-electron chi connectivity index (χ4n) is 1.62. The Labute approximate surface area is 113 Å². The van der Waals surface area contributed by atoms with E-state index in [1.165, 1.54) is 19.2 Å². The molecule has 0 aliphatic heterocycles. The standard InChI is InChI=1S/C13H22N4O2/c1-3-4-5-7-14-11-9-12(16-10-15-11)17(2)8-6-13(18)19/h9-10H,3-8H2,1-2H3,(H,18,19)(H,14,15,16). The van der Waals surface area contributed by atoms with Crippen LogP contribution in [0.4, 0.5) is 11.6 Å². The molecule has 0 aliphatic carbocycles. The monoisotopic (exact) mass is 266 g/mol. The molecule has 0 spiro atoms. The number of aliphatic carboxylic acids is 1. The average Bonchev–Trinajstić information content (AvgIpc) is 2.41. The van der Waals surface area contributed by atoms with Gasteiger partial charge >= 0.3 is 5.97 Å². The van der Waals surface area contributed by atoms with Gasteiger partial charge in [0.25, 0.3) is 0 Å². The lowest BCUT2D eigenvalue weighted by molar-refractivity contribution is -0.136. The van der Waals surface area contributed by atoms with Crippen LogP contribution in [0.3, 0.4) is 0 Å². The lowest BCUT2D eigenvalue weighted by Gasteiger charge is -2.17. The maximum Gasteiger partial charge on any atom is 0.305 e.